The lowest BCUT2D eigenvalue weighted by atomic mass is 10.2. The number of halogens is 2. The van der Waals surface area contributed by atoms with Crippen LogP contribution in [0.2, 0.25) is 10.2 Å². The molecule has 1 N–H and O–H groups in total. The zero-order chi connectivity index (χ0) is 11.0. The Morgan fingerprint density at radius 2 is 2.13 bits per heavy atom. The minimum atomic E-state index is -1.21. The van der Waals surface area contributed by atoms with Crippen LogP contribution >= 0.6 is 23.2 Å². The first-order valence-electron chi connectivity index (χ1n) is 3.93. The van der Waals surface area contributed by atoms with Crippen molar-refractivity contribution < 1.29 is 9.90 Å². The number of rotatable bonds is 1. The van der Waals surface area contributed by atoms with Crippen LogP contribution in [0.5, 0.6) is 0 Å². The number of carbonyl (C=O) groups is 1. The van der Waals surface area contributed by atoms with Crippen LogP contribution in [0.25, 0.3) is 10.9 Å². The summed E-state index contributed by atoms with van der Waals surface area (Å²) in [5.41, 5.74) is 0.323. The van der Waals surface area contributed by atoms with Gasteiger partial charge in [0, 0.05) is 17.8 Å². The molecule has 2 heterocycles. The normalized spacial score (nSPS) is 10.5. The number of hydrogen-bond donors (Lipinski definition) is 1. The summed E-state index contributed by atoms with van der Waals surface area (Å²) in [6, 6.07) is 1.61. The summed E-state index contributed by atoms with van der Waals surface area (Å²) in [6.07, 6.45) is 2.98. The lowest BCUT2D eigenvalue weighted by molar-refractivity contribution is 0.0697. The van der Waals surface area contributed by atoms with E-state index in [2.05, 4.69) is 9.97 Å². The minimum absolute atomic E-state index is 0.0607. The Morgan fingerprint density at radius 1 is 1.40 bits per heavy atom. The van der Waals surface area contributed by atoms with E-state index in [4.69, 9.17) is 28.3 Å². The summed E-state index contributed by atoms with van der Waals surface area (Å²) in [4.78, 5) is 18.6. The van der Waals surface area contributed by atoms with E-state index >= 15 is 0 Å². The predicted molar refractivity (Wildman–Crippen MR) is 56.5 cm³/mol. The molecule has 0 unspecified atom stereocenters. The van der Waals surface area contributed by atoms with Gasteiger partial charge in [0.05, 0.1) is 10.5 Å². The molecule has 0 atom stereocenters. The summed E-state index contributed by atoms with van der Waals surface area (Å²) in [5, 5.41) is 9.29. The number of aromatic nitrogens is 2. The van der Waals surface area contributed by atoms with Crippen LogP contribution in [0.3, 0.4) is 0 Å². The third-order valence-electron chi connectivity index (χ3n) is 1.89. The monoisotopic (exact) mass is 242 g/mol. The van der Waals surface area contributed by atoms with Gasteiger partial charge in [0.1, 0.15) is 10.7 Å². The van der Waals surface area contributed by atoms with Gasteiger partial charge < -0.3 is 5.11 Å². The fraction of sp³-hybridized carbons (Fsp3) is 0. The molecule has 0 aliphatic heterocycles. The number of fused-ring (bicyclic) bond motifs is 1. The van der Waals surface area contributed by atoms with Crippen LogP contribution in [0.1, 0.15) is 10.4 Å². The van der Waals surface area contributed by atoms with E-state index in [1.165, 1.54) is 12.4 Å². The van der Waals surface area contributed by atoms with E-state index in [1.807, 2.05) is 0 Å². The van der Waals surface area contributed by atoms with Crippen molar-refractivity contribution >= 4 is 40.1 Å². The molecule has 0 radical (unpaired) electrons. The van der Waals surface area contributed by atoms with Gasteiger partial charge in [-0.05, 0) is 6.07 Å². The van der Waals surface area contributed by atoms with Crippen molar-refractivity contribution in [2.45, 2.75) is 0 Å². The molecule has 2 aromatic rings. The van der Waals surface area contributed by atoms with E-state index in [0.717, 1.165) is 0 Å². The number of aromatic carboxylic acids is 1. The second-order valence-corrected chi connectivity index (χ2v) is 3.53. The number of pyridine rings is 2. The number of nitrogens with zero attached hydrogens (tertiary/aromatic N) is 2. The molecule has 0 spiro atoms. The van der Waals surface area contributed by atoms with Crippen LogP contribution in [-0.2, 0) is 0 Å². The Hall–Kier alpha value is -1.39. The highest BCUT2D eigenvalue weighted by molar-refractivity contribution is 6.42. The third-order valence-corrected chi connectivity index (χ3v) is 2.56. The smallest absolute Gasteiger partial charge is 0.340 e. The lowest BCUT2D eigenvalue weighted by Gasteiger charge is -2.04. The van der Waals surface area contributed by atoms with Gasteiger partial charge >= 0.3 is 5.97 Å². The Balaban J connectivity index is 2.90. The predicted octanol–water partition coefficient (Wildman–Crippen LogP) is 2.63. The topological polar surface area (TPSA) is 63.1 Å². The Kier molecular flexibility index (Phi) is 2.46. The second kappa shape index (κ2) is 3.64. The largest absolute Gasteiger partial charge is 0.478 e. The van der Waals surface area contributed by atoms with E-state index in [0.29, 0.717) is 10.9 Å². The molecule has 2 rings (SSSR count). The maximum absolute atomic E-state index is 10.9. The summed E-state index contributed by atoms with van der Waals surface area (Å²) >= 11 is 11.6. The summed E-state index contributed by atoms with van der Waals surface area (Å²) in [5.74, 6) is -1.21. The number of carboxylic acid groups (broad SMARTS) is 1. The minimum Gasteiger partial charge on any atom is -0.478 e. The van der Waals surface area contributed by atoms with E-state index < -0.39 is 5.97 Å². The number of hydrogen-bond acceptors (Lipinski definition) is 3. The molecule has 76 valence electrons. The summed E-state index contributed by atoms with van der Waals surface area (Å²) in [6.45, 7) is 0. The van der Waals surface area contributed by atoms with Crippen molar-refractivity contribution in [2.75, 3.05) is 0 Å². The van der Waals surface area contributed by atoms with Gasteiger partial charge in [0.15, 0.2) is 0 Å². The number of carboxylic acids is 1. The Bertz CT molecular complexity index is 557. The zero-order valence-electron chi connectivity index (χ0n) is 7.24. The van der Waals surface area contributed by atoms with Crippen molar-refractivity contribution in [2.24, 2.45) is 0 Å². The maximum Gasteiger partial charge on any atom is 0.340 e. The van der Waals surface area contributed by atoms with E-state index in [9.17, 15) is 4.79 Å². The third kappa shape index (κ3) is 1.62. The molecule has 6 heteroatoms. The van der Waals surface area contributed by atoms with Gasteiger partial charge in [-0.25, -0.2) is 9.78 Å². The molecule has 0 bridgehead atoms. The SMILES string of the molecule is O=C(O)c1c(Cl)nc2ccncc2c1Cl. The standard InChI is InChI=1S/C9H4Cl2N2O2/c10-7-4-3-12-2-1-5(4)13-8(11)6(7)9(14)15/h1-3H,(H,14,15). The molecule has 15 heavy (non-hydrogen) atoms. The average Bonchev–Trinajstić information content (AvgIpc) is 2.17. The van der Waals surface area contributed by atoms with Crippen LogP contribution < -0.4 is 0 Å². The summed E-state index contributed by atoms with van der Waals surface area (Å²) < 4.78 is 0. The zero-order valence-corrected chi connectivity index (χ0v) is 8.75. The van der Waals surface area contributed by atoms with Gasteiger partial charge in [-0.2, -0.15) is 0 Å². The van der Waals surface area contributed by atoms with Crippen LogP contribution in [0, 0.1) is 0 Å². The van der Waals surface area contributed by atoms with Gasteiger partial charge in [0.2, 0.25) is 0 Å². The first kappa shape index (κ1) is 10.1. The Morgan fingerprint density at radius 3 is 2.80 bits per heavy atom. The molecule has 0 aliphatic carbocycles. The van der Waals surface area contributed by atoms with Crippen molar-refractivity contribution in [1.29, 1.82) is 0 Å². The highest BCUT2D eigenvalue weighted by Crippen LogP contribution is 2.29. The van der Waals surface area contributed by atoms with E-state index in [1.54, 1.807) is 6.07 Å². The van der Waals surface area contributed by atoms with Crippen molar-refractivity contribution in [3.8, 4) is 0 Å². The first-order valence-corrected chi connectivity index (χ1v) is 4.69. The van der Waals surface area contributed by atoms with Gasteiger partial charge in [-0.3, -0.25) is 4.98 Å². The fourth-order valence-corrected chi connectivity index (χ4v) is 1.85. The maximum atomic E-state index is 10.9. The summed E-state index contributed by atoms with van der Waals surface area (Å²) in [7, 11) is 0. The molecule has 0 fully saturated rings. The molecule has 4 nitrogen and oxygen atoms in total. The van der Waals surface area contributed by atoms with Gasteiger partial charge in [0.25, 0.3) is 0 Å². The lowest BCUT2D eigenvalue weighted by Crippen LogP contribution is -2.01. The molecule has 0 aliphatic rings. The van der Waals surface area contributed by atoms with E-state index in [-0.39, 0.29) is 15.7 Å². The first-order chi connectivity index (χ1) is 7.11. The molecular formula is C9H4Cl2N2O2. The quantitative estimate of drug-likeness (QED) is 0.782. The molecule has 0 saturated carbocycles. The fourth-order valence-electron chi connectivity index (χ4n) is 1.22. The van der Waals surface area contributed by atoms with Crippen molar-refractivity contribution in [3.63, 3.8) is 0 Å². The van der Waals surface area contributed by atoms with Crippen LogP contribution in [0.4, 0.5) is 0 Å². The molecular weight excluding hydrogens is 239 g/mol. The van der Waals surface area contributed by atoms with Crippen molar-refractivity contribution in [3.05, 3.63) is 34.2 Å². The van der Waals surface area contributed by atoms with Crippen molar-refractivity contribution in [1.82, 2.24) is 9.97 Å². The highest BCUT2D eigenvalue weighted by Gasteiger charge is 2.18. The highest BCUT2D eigenvalue weighted by atomic mass is 35.5. The Labute approximate surface area is 94.5 Å². The molecule has 0 amide bonds. The van der Waals surface area contributed by atoms with Crippen LogP contribution in [-0.4, -0.2) is 21.0 Å². The molecule has 2 aromatic heterocycles. The molecule has 0 aromatic carbocycles. The molecule has 0 saturated heterocycles. The van der Waals surface area contributed by atoms with Gasteiger partial charge in [-0.15, -0.1) is 0 Å². The van der Waals surface area contributed by atoms with Gasteiger partial charge in [-0.1, -0.05) is 23.2 Å². The second-order valence-electron chi connectivity index (χ2n) is 2.79. The van der Waals surface area contributed by atoms with Crippen LogP contribution in [0.15, 0.2) is 18.5 Å². The average molecular weight is 243 g/mol.